The molecule has 0 unspecified atom stereocenters. The molecule has 0 aromatic carbocycles. The van der Waals surface area contributed by atoms with Gasteiger partial charge in [-0.3, -0.25) is 0 Å². The molecule has 3 heteroatoms. The molecule has 13 heavy (non-hydrogen) atoms. The van der Waals surface area contributed by atoms with Crippen LogP contribution in [0.4, 0.5) is 0 Å². The highest BCUT2D eigenvalue weighted by atomic mass is 127. The van der Waals surface area contributed by atoms with Gasteiger partial charge in [-0.2, -0.15) is 0 Å². The summed E-state index contributed by atoms with van der Waals surface area (Å²) in [6.45, 7) is 6.10. The van der Waals surface area contributed by atoms with Gasteiger partial charge < -0.3 is 4.74 Å². The van der Waals surface area contributed by atoms with Gasteiger partial charge in [-0.05, 0) is 26.7 Å². The topological polar surface area (TPSA) is 12.5 Å². The first kappa shape index (κ1) is 11.3. The van der Waals surface area contributed by atoms with Crippen molar-refractivity contribution in [3.63, 3.8) is 0 Å². The van der Waals surface area contributed by atoms with Crippen molar-refractivity contribution in [2.75, 3.05) is 13.1 Å². The number of hydrogen-bond acceptors (Lipinski definition) is 2. The third kappa shape index (κ3) is 3.84. The van der Waals surface area contributed by atoms with Crippen LogP contribution in [0.2, 0.25) is 0 Å². The Bertz CT molecular complexity index is 201. The molecular formula is C10H16INO. The molecule has 0 aromatic rings. The molecule has 0 N–H and O–H groups in total. The summed E-state index contributed by atoms with van der Waals surface area (Å²) in [5.41, 5.74) is -0.405. The lowest BCUT2D eigenvalue weighted by Gasteiger charge is -2.32. The first-order valence-corrected chi connectivity index (χ1v) is 5.56. The van der Waals surface area contributed by atoms with Crippen molar-refractivity contribution in [1.82, 2.24) is 3.11 Å². The van der Waals surface area contributed by atoms with Crippen molar-refractivity contribution >= 4 is 22.9 Å². The minimum atomic E-state index is -0.405. The van der Waals surface area contributed by atoms with Crippen molar-refractivity contribution in [1.29, 1.82) is 0 Å². The van der Waals surface area contributed by atoms with Crippen molar-refractivity contribution in [3.05, 3.63) is 0 Å². The maximum Gasteiger partial charge on any atom is 0.123 e. The standard InChI is InChI=1S/C10H16INO/c1-4-10(2,3)13-9-5-7-12(11)8-6-9/h1,9H,5-8H2,2-3H3. The van der Waals surface area contributed by atoms with Crippen molar-refractivity contribution in [2.24, 2.45) is 0 Å². The minimum absolute atomic E-state index is 0.345. The smallest absolute Gasteiger partial charge is 0.123 e. The second-order valence-electron chi connectivity index (χ2n) is 3.88. The Kier molecular flexibility index (Phi) is 4.02. The molecule has 2 nitrogen and oxygen atoms in total. The fourth-order valence-electron chi connectivity index (χ4n) is 1.39. The van der Waals surface area contributed by atoms with Crippen LogP contribution in [-0.4, -0.2) is 27.9 Å². The zero-order chi connectivity index (χ0) is 9.90. The zero-order valence-corrected chi connectivity index (χ0v) is 10.4. The first-order chi connectivity index (χ1) is 6.03. The van der Waals surface area contributed by atoms with Crippen LogP contribution in [0, 0.1) is 12.3 Å². The molecule has 0 bridgehead atoms. The van der Waals surface area contributed by atoms with Gasteiger partial charge in [0.15, 0.2) is 0 Å². The fraction of sp³-hybridized carbons (Fsp3) is 0.800. The highest BCUT2D eigenvalue weighted by Gasteiger charge is 2.24. The number of halogens is 1. The lowest BCUT2D eigenvalue weighted by molar-refractivity contribution is -0.0523. The van der Waals surface area contributed by atoms with Gasteiger partial charge in [0.1, 0.15) is 5.60 Å². The Balaban J connectivity index is 2.35. The van der Waals surface area contributed by atoms with Crippen LogP contribution < -0.4 is 0 Å². The Morgan fingerprint density at radius 3 is 2.46 bits per heavy atom. The van der Waals surface area contributed by atoms with Crippen molar-refractivity contribution in [2.45, 2.75) is 38.4 Å². The predicted octanol–water partition coefficient (Wildman–Crippen LogP) is 2.23. The Morgan fingerprint density at radius 2 is 2.00 bits per heavy atom. The van der Waals surface area contributed by atoms with E-state index >= 15 is 0 Å². The normalized spacial score (nSPS) is 21.4. The molecule has 0 saturated carbocycles. The number of hydrogen-bond donors (Lipinski definition) is 0. The summed E-state index contributed by atoms with van der Waals surface area (Å²) in [5.74, 6) is 2.66. The molecule has 0 aromatic heterocycles. The van der Waals surface area contributed by atoms with Gasteiger partial charge in [-0.15, -0.1) is 6.42 Å². The lowest BCUT2D eigenvalue weighted by Crippen LogP contribution is -2.36. The molecule has 1 rings (SSSR count). The van der Waals surface area contributed by atoms with E-state index < -0.39 is 5.60 Å². The van der Waals surface area contributed by atoms with E-state index in [2.05, 4.69) is 31.9 Å². The number of rotatable bonds is 2. The molecule has 1 fully saturated rings. The van der Waals surface area contributed by atoms with Gasteiger partial charge in [0, 0.05) is 36.0 Å². The summed E-state index contributed by atoms with van der Waals surface area (Å²) in [5, 5.41) is 0. The zero-order valence-electron chi connectivity index (χ0n) is 8.22. The molecule has 1 aliphatic heterocycles. The van der Waals surface area contributed by atoms with Crippen molar-refractivity contribution < 1.29 is 4.74 Å². The predicted molar refractivity (Wildman–Crippen MR) is 62.6 cm³/mol. The number of nitrogens with zero attached hydrogens (tertiary/aromatic N) is 1. The molecule has 1 saturated heterocycles. The molecule has 1 aliphatic rings. The van der Waals surface area contributed by atoms with E-state index in [1.807, 2.05) is 13.8 Å². The summed E-state index contributed by atoms with van der Waals surface area (Å²) in [4.78, 5) is 0. The summed E-state index contributed by atoms with van der Waals surface area (Å²) in [6, 6.07) is 0. The van der Waals surface area contributed by atoms with Gasteiger partial charge >= 0.3 is 0 Å². The van der Waals surface area contributed by atoms with Gasteiger partial charge in [0.2, 0.25) is 0 Å². The van der Waals surface area contributed by atoms with Crippen LogP contribution >= 0.6 is 22.9 Å². The average molecular weight is 293 g/mol. The summed E-state index contributed by atoms with van der Waals surface area (Å²) in [7, 11) is 0. The van der Waals surface area contributed by atoms with Crippen LogP contribution in [-0.2, 0) is 4.74 Å². The monoisotopic (exact) mass is 293 g/mol. The number of piperidine rings is 1. The quantitative estimate of drug-likeness (QED) is 0.440. The second kappa shape index (κ2) is 4.63. The minimum Gasteiger partial charge on any atom is -0.360 e. The third-order valence-electron chi connectivity index (χ3n) is 2.20. The van der Waals surface area contributed by atoms with Crippen LogP contribution in [0.1, 0.15) is 26.7 Å². The van der Waals surface area contributed by atoms with E-state index in [0.29, 0.717) is 6.10 Å². The van der Waals surface area contributed by atoms with Gasteiger partial charge in [-0.25, -0.2) is 3.11 Å². The van der Waals surface area contributed by atoms with E-state index in [0.717, 1.165) is 25.9 Å². The van der Waals surface area contributed by atoms with Crippen LogP contribution in [0.25, 0.3) is 0 Å². The summed E-state index contributed by atoms with van der Waals surface area (Å²) in [6.07, 6.45) is 7.89. The largest absolute Gasteiger partial charge is 0.360 e. The van der Waals surface area contributed by atoms with E-state index in [4.69, 9.17) is 11.2 Å². The van der Waals surface area contributed by atoms with Gasteiger partial charge in [0.05, 0.1) is 6.10 Å². The van der Waals surface area contributed by atoms with E-state index in [-0.39, 0.29) is 0 Å². The average Bonchev–Trinajstić information content (AvgIpc) is 2.09. The van der Waals surface area contributed by atoms with Gasteiger partial charge in [0.25, 0.3) is 0 Å². The fourth-order valence-corrected chi connectivity index (χ4v) is 1.95. The number of ether oxygens (including phenoxy) is 1. The molecular weight excluding hydrogens is 277 g/mol. The molecule has 74 valence electrons. The Hall–Kier alpha value is 0.210. The van der Waals surface area contributed by atoms with E-state index in [9.17, 15) is 0 Å². The lowest BCUT2D eigenvalue weighted by atomic mass is 10.1. The molecule has 0 radical (unpaired) electrons. The van der Waals surface area contributed by atoms with Crippen LogP contribution in [0.3, 0.4) is 0 Å². The van der Waals surface area contributed by atoms with E-state index in [1.165, 1.54) is 0 Å². The Morgan fingerprint density at radius 1 is 1.46 bits per heavy atom. The Labute approximate surface area is 94.5 Å². The van der Waals surface area contributed by atoms with Gasteiger partial charge in [-0.1, -0.05) is 5.92 Å². The second-order valence-corrected chi connectivity index (χ2v) is 5.25. The molecule has 0 aliphatic carbocycles. The maximum absolute atomic E-state index is 5.81. The number of terminal acetylenes is 1. The molecule has 0 atom stereocenters. The third-order valence-corrected chi connectivity index (χ3v) is 3.16. The highest BCUT2D eigenvalue weighted by molar-refractivity contribution is 14.1. The van der Waals surface area contributed by atoms with Crippen LogP contribution in [0.5, 0.6) is 0 Å². The maximum atomic E-state index is 5.81. The van der Waals surface area contributed by atoms with Crippen LogP contribution in [0.15, 0.2) is 0 Å². The van der Waals surface area contributed by atoms with Crippen molar-refractivity contribution in [3.8, 4) is 12.3 Å². The molecule has 1 heterocycles. The highest BCUT2D eigenvalue weighted by Crippen LogP contribution is 2.21. The molecule has 0 amide bonds. The van der Waals surface area contributed by atoms with E-state index in [1.54, 1.807) is 0 Å². The molecule has 0 spiro atoms. The SMILES string of the molecule is C#CC(C)(C)OC1CCN(I)CC1. The summed E-state index contributed by atoms with van der Waals surface area (Å²) >= 11 is 2.35. The summed E-state index contributed by atoms with van der Waals surface area (Å²) < 4.78 is 8.10. The first-order valence-electron chi connectivity index (χ1n) is 4.60.